The molecule has 4 nitrogen and oxygen atoms in total. The molecule has 1 aromatic carbocycles. The molecule has 1 aliphatic rings. The first-order valence-corrected chi connectivity index (χ1v) is 7.95. The lowest BCUT2D eigenvalue weighted by Crippen LogP contribution is -2.36. The van der Waals surface area contributed by atoms with Gasteiger partial charge < -0.3 is 14.5 Å². The van der Waals surface area contributed by atoms with Gasteiger partial charge in [0, 0.05) is 32.1 Å². The maximum absolute atomic E-state index is 12.4. The van der Waals surface area contributed by atoms with E-state index in [0.29, 0.717) is 12.3 Å². The molecule has 0 bridgehead atoms. The van der Waals surface area contributed by atoms with Gasteiger partial charge in [0.25, 0.3) is 0 Å². The Balaban J connectivity index is 1.90. The van der Waals surface area contributed by atoms with E-state index in [2.05, 4.69) is 4.90 Å². The zero-order chi connectivity index (χ0) is 15.1. The summed E-state index contributed by atoms with van der Waals surface area (Å²) in [4.78, 5) is 16.7. The highest BCUT2D eigenvalue weighted by Crippen LogP contribution is 2.14. The molecule has 0 unspecified atom stereocenters. The third kappa shape index (κ3) is 4.90. The number of nitrogens with zero attached hydrogens (tertiary/aromatic N) is 2. The molecule has 21 heavy (non-hydrogen) atoms. The highest BCUT2D eigenvalue weighted by molar-refractivity contribution is 6.18. The summed E-state index contributed by atoms with van der Waals surface area (Å²) >= 11 is 5.79. The van der Waals surface area contributed by atoms with Crippen LogP contribution in [-0.4, -0.2) is 61.4 Å². The van der Waals surface area contributed by atoms with Crippen molar-refractivity contribution < 1.29 is 9.53 Å². The van der Waals surface area contributed by atoms with E-state index in [1.807, 2.05) is 29.2 Å². The zero-order valence-electron chi connectivity index (χ0n) is 12.6. The molecule has 1 heterocycles. The minimum absolute atomic E-state index is 0.191. The molecule has 0 saturated carbocycles. The van der Waals surface area contributed by atoms with Gasteiger partial charge in [-0.05, 0) is 30.7 Å². The first-order chi connectivity index (χ1) is 10.2. The van der Waals surface area contributed by atoms with Gasteiger partial charge in [0.2, 0.25) is 5.91 Å². The molecule has 1 amide bonds. The zero-order valence-corrected chi connectivity index (χ0v) is 13.3. The molecule has 0 spiro atoms. The Morgan fingerprint density at radius 1 is 1.29 bits per heavy atom. The third-order valence-electron chi connectivity index (χ3n) is 3.83. The minimum Gasteiger partial charge on any atom is -0.497 e. The van der Waals surface area contributed by atoms with Crippen LogP contribution in [0.5, 0.6) is 5.75 Å². The number of benzene rings is 1. The van der Waals surface area contributed by atoms with Crippen LogP contribution in [0.25, 0.3) is 0 Å². The lowest BCUT2D eigenvalue weighted by molar-refractivity contribution is -0.130. The van der Waals surface area contributed by atoms with E-state index in [9.17, 15) is 4.79 Å². The van der Waals surface area contributed by atoms with Gasteiger partial charge in [-0.1, -0.05) is 12.1 Å². The summed E-state index contributed by atoms with van der Waals surface area (Å²) in [6.45, 7) is 4.47. The number of amides is 1. The molecule has 0 aromatic heterocycles. The summed E-state index contributed by atoms with van der Waals surface area (Å²) in [7, 11) is 1.64. The topological polar surface area (TPSA) is 32.8 Å². The van der Waals surface area contributed by atoms with Gasteiger partial charge in [-0.15, -0.1) is 11.6 Å². The van der Waals surface area contributed by atoms with Crippen molar-refractivity contribution in [1.82, 2.24) is 9.80 Å². The van der Waals surface area contributed by atoms with Crippen molar-refractivity contribution in [2.75, 3.05) is 45.7 Å². The van der Waals surface area contributed by atoms with E-state index < -0.39 is 0 Å². The molecule has 0 radical (unpaired) electrons. The Bertz CT molecular complexity index is 467. The summed E-state index contributed by atoms with van der Waals surface area (Å²) in [5, 5.41) is 0. The summed E-state index contributed by atoms with van der Waals surface area (Å²) in [5.41, 5.74) is 1.00. The highest BCUT2D eigenvalue weighted by Gasteiger charge is 2.19. The number of ether oxygens (including phenoxy) is 1. The number of rotatable bonds is 5. The van der Waals surface area contributed by atoms with Gasteiger partial charge in [0.1, 0.15) is 5.75 Å². The monoisotopic (exact) mass is 310 g/mol. The van der Waals surface area contributed by atoms with Crippen LogP contribution in [0.4, 0.5) is 0 Å². The van der Waals surface area contributed by atoms with Crippen molar-refractivity contribution in [3.63, 3.8) is 0 Å². The van der Waals surface area contributed by atoms with Crippen molar-refractivity contribution in [1.29, 1.82) is 0 Å². The average molecular weight is 311 g/mol. The summed E-state index contributed by atoms with van der Waals surface area (Å²) in [5.74, 6) is 1.64. The predicted octanol–water partition coefficient (Wildman–Crippen LogP) is 2.01. The van der Waals surface area contributed by atoms with Gasteiger partial charge in [-0.3, -0.25) is 4.79 Å². The fourth-order valence-corrected chi connectivity index (χ4v) is 2.87. The van der Waals surface area contributed by atoms with Crippen LogP contribution in [0.3, 0.4) is 0 Å². The minimum atomic E-state index is 0.191. The van der Waals surface area contributed by atoms with Crippen molar-refractivity contribution in [3.8, 4) is 5.75 Å². The highest BCUT2D eigenvalue weighted by atomic mass is 35.5. The van der Waals surface area contributed by atoms with Gasteiger partial charge in [0.05, 0.1) is 13.5 Å². The van der Waals surface area contributed by atoms with Crippen LogP contribution in [0.2, 0.25) is 0 Å². The van der Waals surface area contributed by atoms with Crippen LogP contribution in [0.15, 0.2) is 24.3 Å². The van der Waals surface area contributed by atoms with E-state index in [-0.39, 0.29) is 5.91 Å². The van der Waals surface area contributed by atoms with Crippen molar-refractivity contribution >= 4 is 17.5 Å². The van der Waals surface area contributed by atoms with E-state index in [1.165, 1.54) is 0 Å². The summed E-state index contributed by atoms with van der Waals surface area (Å²) in [6.07, 6.45) is 1.45. The smallest absolute Gasteiger partial charge is 0.227 e. The van der Waals surface area contributed by atoms with E-state index in [1.54, 1.807) is 7.11 Å². The molecule has 1 aliphatic heterocycles. The molecule has 0 atom stereocenters. The average Bonchev–Trinajstić information content (AvgIpc) is 2.73. The second-order valence-corrected chi connectivity index (χ2v) is 5.67. The Labute approximate surface area is 131 Å². The van der Waals surface area contributed by atoms with Crippen LogP contribution in [-0.2, 0) is 11.2 Å². The van der Waals surface area contributed by atoms with Gasteiger partial charge in [0.15, 0.2) is 0 Å². The maximum Gasteiger partial charge on any atom is 0.227 e. The maximum atomic E-state index is 12.4. The van der Waals surface area contributed by atoms with Crippen molar-refractivity contribution in [3.05, 3.63) is 29.8 Å². The number of hydrogen-bond donors (Lipinski definition) is 0. The number of alkyl halides is 1. The second-order valence-electron chi connectivity index (χ2n) is 5.29. The molecule has 0 aliphatic carbocycles. The van der Waals surface area contributed by atoms with Crippen molar-refractivity contribution in [2.24, 2.45) is 0 Å². The third-order valence-corrected chi connectivity index (χ3v) is 4.00. The van der Waals surface area contributed by atoms with Crippen LogP contribution in [0, 0.1) is 0 Å². The van der Waals surface area contributed by atoms with E-state index in [0.717, 1.165) is 50.5 Å². The van der Waals surface area contributed by atoms with Gasteiger partial charge >= 0.3 is 0 Å². The Morgan fingerprint density at radius 2 is 2.14 bits per heavy atom. The Morgan fingerprint density at radius 3 is 2.90 bits per heavy atom. The lowest BCUT2D eigenvalue weighted by Gasteiger charge is -2.21. The Hall–Kier alpha value is -1.26. The second kappa shape index (κ2) is 8.25. The van der Waals surface area contributed by atoms with E-state index in [4.69, 9.17) is 16.3 Å². The molecule has 116 valence electrons. The Kier molecular flexibility index (Phi) is 6.33. The first kappa shape index (κ1) is 16.1. The standard InChI is InChI=1S/C16H23ClN2O2/c1-21-15-5-2-4-14(12-15)13-16(20)19-8-3-7-18(9-6-17)10-11-19/h2,4-5,12H,3,6-11,13H2,1H3. The number of halogens is 1. The SMILES string of the molecule is COc1cccc(CC(=O)N2CCCN(CCCl)CC2)c1. The lowest BCUT2D eigenvalue weighted by atomic mass is 10.1. The number of methoxy groups -OCH3 is 1. The summed E-state index contributed by atoms with van der Waals surface area (Å²) in [6, 6.07) is 7.71. The van der Waals surface area contributed by atoms with Gasteiger partial charge in [-0.2, -0.15) is 0 Å². The molecular formula is C16H23ClN2O2. The van der Waals surface area contributed by atoms with Crippen LogP contribution < -0.4 is 4.74 Å². The molecule has 0 N–H and O–H groups in total. The first-order valence-electron chi connectivity index (χ1n) is 7.42. The molecule has 5 heteroatoms. The normalized spacial score (nSPS) is 16.6. The summed E-state index contributed by atoms with van der Waals surface area (Å²) < 4.78 is 5.20. The fourth-order valence-electron chi connectivity index (χ4n) is 2.63. The number of carbonyl (C=O) groups is 1. The van der Waals surface area contributed by atoms with Crippen LogP contribution >= 0.6 is 11.6 Å². The van der Waals surface area contributed by atoms with E-state index >= 15 is 0 Å². The molecule has 2 rings (SSSR count). The largest absolute Gasteiger partial charge is 0.497 e. The van der Waals surface area contributed by atoms with Crippen LogP contribution in [0.1, 0.15) is 12.0 Å². The number of hydrogen-bond acceptors (Lipinski definition) is 3. The molecule has 1 aromatic rings. The van der Waals surface area contributed by atoms with Gasteiger partial charge in [-0.25, -0.2) is 0 Å². The molecule has 1 fully saturated rings. The predicted molar refractivity (Wildman–Crippen MR) is 85.1 cm³/mol. The fraction of sp³-hybridized carbons (Fsp3) is 0.562. The quantitative estimate of drug-likeness (QED) is 0.780. The van der Waals surface area contributed by atoms with Crippen molar-refractivity contribution in [2.45, 2.75) is 12.8 Å². The molecular weight excluding hydrogens is 288 g/mol. The molecule has 1 saturated heterocycles. The number of carbonyl (C=O) groups excluding carboxylic acids is 1.